The summed E-state index contributed by atoms with van der Waals surface area (Å²) in [6.07, 6.45) is 0.228. The van der Waals surface area contributed by atoms with Crippen molar-refractivity contribution in [3.05, 3.63) is 35.4 Å². The van der Waals surface area contributed by atoms with E-state index in [2.05, 4.69) is 0 Å². The van der Waals surface area contributed by atoms with E-state index >= 15 is 0 Å². The van der Waals surface area contributed by atoms with Gasteiger partial charge in [-0.25, -0.2) is 8.78 Å². The average molecular weight is 242 g/mol. The molecule has 0 radical (unpaired) electrons. The summed E-state index contributed by atoms with van der Waals surface area (Å²) in [5.74, 6) is -3.84. The van der Waals surface area contributed by atoms with Gasteiger partial charge in [0.25, 0.3) is 5.92 Å². The summed E-state index contributed by atoms with van der Waals surface area (Å²) in [4.78, 5) is 11.0. The molecular formula is C13H16F2O2. The highest BCUT2D eigenvalue weighted by Gasteiger charge is 2.29. The number of rotatable bonds is 4. The van der Waals surface area contributed by atoms with Crippen molar-refractivity contribution in [2.75, 3.05) is 0 Å². The molecule has 0 saturated carbocycles. The molecule has 0 amide bonds. The Kier molecular flexibility index (Phi) is 3.55. The van der Waals surface area contributed by atoms with E-state index in [0.29, 0.717) is 5.56 Å². The molecule has 0 fully saturated rings. The lowest BCUT2D eigenvalue weighted by Gasteiger charge is -2.20. The minimum atomic E-state index is -2.90. The van der Waals surface area contributed by atoms with Gasteiger partial charge in [0.05, 0.1) is 5.41 Å². The van der Waals surface area contributed by atoms with Crippen molar-refractivity contribution in [1.82, 2.24) is 0 Å². The third kappa shape index (κ3) is 3.51. The summed E-state index contributed by atoms with van der Waals surface area (Å²) in [5.41, 5.74) is -0.436. The van der Waals surface area contributed by atoms with Gasteiger partial charge in [0.2, 0.25) is 0 Å². The van der Waals surface area contributed by atoms with Gasteiger partial charge in [-0.3, -0.25) is 4.79 Å². The predicted molar refractivity (Wildman–Crippen MR) is 61.1 cm³/mol. The molecule has 0 atom stereocenters. The lowest BCUT2D eigenvalue weighted by atomic mass is 9.85. The molecule has 0 unspecified atom stereocenters. The first kappa shape index (κ1) is 13.6. The van der Waals surface area contributed by atoms with Gasteiger partial charge in [0, 0.05) is 12.5 Å². The number of carboxylic acid groups (broad SMARTS) is 1. The van der Waals surface area contributed by atoms with Crippen LogP contribution in [0.15, 0.2) is 24.3 Å². The number of carbonyl (C=O) groups is 1. The van der Waals surface area contributed by atoms with Gasteiger partial charge >= 0.3 is 5.97 Å². The normalized spacial score (nSPS) is 12.5. The average Bonchev–Trinajstić information content (AvgIpc) is 2.15. The Morgan fingerprint density at radius 1 is 1.29 bits per heavy atom. The Morgan fingerprint density at radius 2 is 1.88 bits per heavy atom. The zero-order valence-electron chi connectivity index (χ0n) is 10.1. The minimum Gasteiger partial charge on any atom is -0.481 e. The monoisotopic (exact) mass is 242 g/mol. The fourth-order valence-electron chi connectivity index (χ4n) is 1.54. The van der Waals surface area contributed by atoms with Crippen LogP contribution in [0.4, 0.5) is 8.78 Å². The molecule has 1 aromatic rings. The number of hydrogen-bond acceptors (Lipinski definition) is 1. The molecule has 0 saturated heterocycles. The molecule has 0 aliphatic heterocycles. The molecular weight excluding hydrogens is 226 g/mol. The smallest absolute Gasteiger partial charge is 0.309 e. The first-order chi connectivity index (χ1) is 7.63. The van der Waals surface area contributed by atoms with Gasteiger partial charge in [0.15, 0.2) is 0 Å². The highest BCUT2D eigenvalue weighted by atomic mass is 19.3. The molecule has 0 aromatic heterocycles. The van der Waals surface area contributed by atoms with E-state index in [0.717, 1.165) is 6.92 Å². The lowest BCUT2D eigenvalue weighted by molar-refractivity contribution is -0.146. The molecule has 4 heteroatoms. The van der Waals surface area contributed by atoms with Crippen LogP contribution in [0.3, 0.4) is 0 Å². The molecule has 2 nitrogen and oxygen atoms in total. The maximum atomic E-state index is 13.1. The lowest BCUT2D eigenvalue weighted by Crippen LogP contribution is -2.26. The van der Waals surface area contributed by atoms with Crippen LogP contribution in [0.25, 0.3) is 0 Å². The van der Waals surface area contributed by atoms with Gasteiger partial charge in [-0.2, -0.15) is 0 Å². The second-order valence-corrected chi connectivity index (χ2v) is 4.95. The van der Waals surface area contributed by atoms with Crippen LogP contribution in [0, 0.1) is 5.41 Å². The SMILES string of the molecule is CC(C)(Cc1cccc(C(C)(F)F)c1)C(=O)O. The highest BCUT2D eigenvalue weighted by Crippen LogP contribution is 2.29. The second kappa shape index (κ2) is 4.43. The van der Waals surface area contributed by atoms with Crippen LogP contribution in [0.2, 0.25) is 0 Å². The van der Waals surface area contributed by atoms with Crippen molar-refractivity contribution in [3.8, 4) is 0 Å². The molecule has 0 spiro atoms. The summed E-state index contributed by atoms with van der Waals surface area (Å²) in [7, 11) is 0. The Hall–Kier alpha value is -1.45. The quantitative estimate of drug-likeness (QED) is 0.878. The molecule has 94 valence electrons. The van der Waals surface area contributed by atoms with Crippen molar-refractivity contribution >= 4 is 5.97 Å². The molecule has 1 aromatic carbocycles. The first-order valence-corrected chi connectivity index (χ1v) is 5.33. The Morgan fingerprint density at radius 3 is 2.35 bits per heavy atom. The van der Waals surface area contributed by atoms with E-state index in [1.807, 2.05) is 0 Å². The van der Waals surface area contributed by atoms with E-state index in [1.165, 1.54) is 18.2 Å². The van der Waals surface area contributed by atoms with E-state index < -0.39 is 17.3 Å². The van der Waals surface area contributed by atoms with Crippen LogP contribution in [-0.2, 0) is 17.1 Å². The summed E-state index contributed by atoms with van der Waals surface area (Å²) in [6.45, 7) is 3.98. The van der Waals surface area contributed by atoms with Crippen LogP contribution < -0.4 is 0 Å². The summed E-state index contributed by atoms with van der Waals surface area (Å²) < 4.78 is 26.2. The summed E-state index contributed by atoms with van der Waals surface area (Å²) in [6, 6.07) is 5.90. The van der Waals surface area contributed by atoms with Crippen LogP contribution >= 0.6 is 0 Å². The number of hydrogen-bond donors (Lipinski definition) is 1. The third-order valence-electron chi connectivity index (χ3n) is 2.66. The van der Waals surface area contributed by atoms with Gasteiger partial charge in [-0.05, 0) is 31.9 Å². The fourth-order valence-corrected chi connectivity index (χ4v) is 1.54. The zero-order valence-corrected chi connectivity index (χ0v) is 10.1. The summed E-state index contributed by atoms with van der Waals surface area (Å²) in [5, 5.41) is 8.98. The Balaban J connectivity index is 2.98. The topological polar surface area (TPSA) is 37.3 Å². The standard InChI is InChI=1S/C13H16F2O2/c1-12(2,11(16)17)8-9-5-4-6-10(7-9)13(3,14)15/h4-7H,8H2,1-3H3,(H,16,17). The first-order valence-electron chi connectivity index (χ1n) is 5.33. The molecule has 0 aliphatic carbocycles. The molecule has 17 heavy (non-hydrogen) atoms. The maximum Gasteiger partial charge on any atom is 0.309 e. The van der Waals surface area contributed by atoms with E-state index in [1.54, 1.807) is 19.9 Å². The van der Waals surface area contributed by atoms with Crippen molar-refractivity contribution in [2.45, 2.75) is 33.1 Å². The second-order valence-electron chi connectivity index (χ2n) is 4.95. The molecule has 0 heterocycles. The zero-order chi connectivity index (χ0) is 13.3. The van der Waals surface area contributed by atoms with E-state index in [9.17, 15) is 13.6 Å². The van der Waals surface area contributed by atoms with Gasteiger partial charge in [-0.1, -0.05) is 18.2 Å². The Labute approximate surface area is 99.3 Å². The molecule has 0 aliphatic rings. The van der Waals surface area contributed by atoms with Crippen LogP contribution in [0.1, 0.15) is 31.9 Å². The maximum absolute atomic E-state index is 13.1. The van der Waals surface area contributed by atoms with E-state index in [-0.39, 0.29) is 12.0 Å². The van der Waals surface area contributed by atoms with Gasteiger partial charge in [0.1, 0.15) is 0 Å². The predicted octanol–water partition coefficient (Wildman–Crippen LogP) is 3.45. The van der Waals surface area contributed by atoms with Gasteiger partial charge < -0.3 is 5.11 Å². The number of halogens is 2. The number of carboxylic acids is 1. The van der Waals surface area contributed by atoms with Crippen molar-refractivity contribution in [1.29, 1.82) is 0 Å². The fraction of sp³-hybridized carbons (Fsp3) is 0.462. The minimum absolute atomic E-state index is 0.0869. The van der Waals surface area contributed by atoms with Crippen molar-refractivity contribution < 1.29 is 18.7 Å². The number of benzene rings is 1. The van der Waals surface area contributed by atoms with Crippen molar-refractivity contribution in [3.63, 3.8) is 0 Å². The molecule has 0 bridgehead atoms. The molecule has 1 rings (SSSR count). The molecule has 1 N–H and O–H groups in total. The number of aliphatic carboxylic acids is 1. The van der Waals surface area contributed by atoms with Crippen molar-refractivity contribution in [2.24, 2.45) is 5.41 Å². The number of alkyl halides is 2. The van der Waals surface area contributed by atoms with Gasteiger partial charge in [-0.15, -0.1) is 0 Å². The largest absolute Gasteiger partial charge is 0.481 e. The van der Waals surface area contributed by atoms with Crippen LogP contribution in [0.5, 0.6) is 0 Å². The van der Waals surface area contributed by atoms with Crippen LogP contribution in [-0.4, -0.2) is 11.1 Å². The van der Waals surface area contributed by atoms with E-state index in [4.69, 9.17) is 5.11 Å². The highest BCUT2D eigenvalue weighted by molar-refractivity contribution is 5.74. The summed E-state index contributed by atoms with van der Waals surface area (Å²) >= 11 is 0. The third-order valence-corrected chi connectivity index (χ3v) is 2.66. The Bertz CT molecular complexity index is 420.